The van der Waals surface area contributed by atoms with Gasteiger partial charge in [-0.1, -0.05) is 24.3 Å². The molecule has 2 N–H and O–H groups in total. The second-order valence-corrected chi connectivity index (χ2v) is 4.04. The van der Waals surface area contributed by atoms with Crippen molar-refractivity contribution in [2.75, 3.05) is 6.54 Å². The van der Waals surface area contributed by atoms with Crippen molar-refractivity contribution in [1.29, 1.82) is 0 Å². The molecule has 0 unspecified atom stereocenters. The Balaban J connectivity index is 2.40. The van der Waals surface area contributed by atoms with Gasteiger partial charge in [0, 0.05) is 24.6 Å². The van der Waals surface area contributed by atoms with Crippen molar-refractivity contribution in [3.63, 3.8) is 0 Å². The molecule has 0 saturated carbocycles. The monoisotopic (exact) mass is 246 g/mol. The third-order valence-electron chi connectivity index (χ3n) is 2.35. The summed E-state index contributed by atoms with van der Waals surface area (Å²) >= 11 is 0. The van der Waals surface area contributed by atoms with Gasteiger partial charge < -0.3 is 10.6 Å². The van der Waals surface area contributed by atoms with Gasteiger partial charge >= 0.3 is 0 Å². The minimum Gasteiger partial charge on any atom is -0.353 e. The first-order chi connectivity index (χ1) is 8.63. The fraction of sp³-hybridized carbons (Fsp3) is 0.286. The van der Waals surface area contributed by atoms with Crippen molar-refractivity contribution in [1.82, 2.24) is 10.6 Å². The van der Waals surface area contributed by atoms with Crippen LogP contribution < -0.4 is 10.6 Å². The van der Waals surface area contributed by atoms with Crippen LogP contribution in [0.25, 0.3) is 0 Å². The van der Waals surface area contributed by atoms with Crippen LogP contribution in [-0.4, -0.2) is 24.4 Å². The summed E-state index contributed by atoms with van der Waals surface area (Å²) in [4.78, 5) is 23.2. The second kappa shape index (κ2) is 7.27. The molecule has 0 saturated heterocycles. The van der Waals surface area contributed by atoms with Gasteiger partial charge in [0.25, 0.3) is 5.91 Å². The highest BCUT2D eigenvalue weighted by Gasteiger charge is 2.12. The van der Waals surface area contributed by atoms with E-state index in [1.807, 2.05) is 6.07 Å². The van der Waals surface area contributed by atoms with Gasteiger partial charge in [-0.05, 0) is 19.1 Å². The molecular weight excluding hydrogens is 228 g/mol. The topological polar surface area (TPSA) is 58.2 Å². The summed E-state index contributed by atoms with van der Waals surface area (Å²) < 4.78 is 0. The van der Waals surface area contributed by atoms with Crippen LogP contribution in [0.2, 0.25) is 0 Å². The molecule has 4 heteroatoms. The second-order valence-electron chi connectivity index (χ2n) is 4.04. The largest absolute Gasteiger partial charge is 0.353 e. The quantitative estimate of drug-likeness (QED) is 0.747. The van der Waals surface area contributed by atoms with E-state index < -0.39 is 0 Å². The highest BCUT2D eigenvalue weighted by molar-refractivity contribution is 5.94. The maximum atomic E-state index is 11.8. The summed E-state index contributed by atoms with van der Waals surface area (Å²) in [6, 6.07) is 8.72. The van der Waals surface area contributed by atoms with Gasteiger partial charge in [-0.15, -0.1) is 6.58 Å². The Labute approximate surface area is 107 Å². The van der Waals surface area contributed by atoms with Crippen molar-refractivity contribution in [2.24, 2.45) is 0 Å². The number of nitrogens with one attached hydrogen (secondary N) is 2. The first-order valence-electron chi connectivity index (χ1n) is 5.87. The predicted molar refractivity (Wildman–Crippen MR) is 71.2 cm³/mol. The molecule has 1 atom stereocenters. The molecule has 0 aromatic heterocycles. The molecule has 0 spiro atoms. The van der Waals surface area contributed by atoms with Crippen LogP contribution in [0.3, 0.4) is 0 Å². The van der Waals surface area contributed by atoms with E-state index in [1.165, 1.54) is 0 Å². The minimum absolute atomic E-state index is 0.101. The zero-order chi connectivity index (χ0) is 13.4. The Bertz CT molecular complexity index is 415. The van der Waals surface area contributed by atoms with Crippen LogP contribution in [0.5, 0.6) is 0 Å². The Hall–Kier alpha value is -2.10. The molecule has 1 rings (SSSR count). The molecule has 0 aliphatic heterocycles. The van der Waals surface area contributed by atoms with Gasteiger partial charge in [-0.3, -0.25) is 9.59 Å². The van der Waals surface area contributed by atoms with Crippen molar-refractivity contribution in [3.05, 3.63) is 48.6 Å². The Kier molecular flexibility index (Phi) is 5.64. The summed E-state index contributed by atoms with van der Waals surface area (Å²) in [7, 11) is 0. The first kappa shape index (κ1) is 14.0. The number of benzene rings is 1. The molecule has 0 radical (unpaired) electrons. The lowest BCUT2D eigenvalue weighted by Crippen LogP contribution is -2.37. The molecule has 1 aromatic carbocycles. The molecular formula is C14H18N2O2. The minimum atomic E-state index is -0.206. The number of hydrogen-bond acceptors (Lipinski definition) is 2. The predicted octanol–water partition coefficient (Wildman–Crippen LogP) is 1.50. The summed E-state index contributed by atoms with van der Waals surface area (Å²) in [5, 5.41) is 5.45. The molecule has 96 valence electrons. The fourth-order valence-electron chi connectivity index (χ4n) is 1.48. The fourth-order valence-corrected chi connectivity index (χ4v) is 1.48. The smallest absolute Gasteiger partial charge is 0.251 e. The van der Waals surface area contributed by atoms with E-state index in [-0.39, 0.29) is 24.3 Å². The van der Waals surface area contributed by atoms with Crippen LogP contribution in [0.4, 0.5) is 0 Å². The van der Waals surface area contributed by atoms with Gasteiger partial charge in [-0.25, -0.2) is 0 Å². The van der Waals surface area contributed by atoms with E-state index in [4.69, 9.17) is 0 Å². The zero-order valence-electron chi connectivity index (χ0n) is 10.5. The third kappa shape index (κ3) is 4.82. The Morgan fingerprint density at radius 3 is 2.61 bits per heavy atom. The molecule has 0 bridgehead atoms. The molecule has 1 aromatic rings. The van der Waals surface area contributed by atoms with Crippen LogP contribution in [0, 0.1) is 0 Å². The van der Waals surface area contributed by atoms with Crippen molar-refractivity contribution in [2.45, 2.75) is 19.4 Å². The molecule has 0 heterocycles. The maximum absolute atomic E-state index is 11.8. The van der Waals surface area contributed by atoms with E-state index in [2.05, 4.69) is 17.2 Å². The van der Waals surface area contributed by atoms with Crippen LogP contribution in [0.15, 0.2) is 43.0 Å². The van der Waals surface area contributed by atoms with Crippen LogP contribution >= 0.6 is 0 Å². The molecule has 0 aliphatic carbocycles. The number of amides is 2. The van der Waals surface area contributed by atoms with Gasteiger partial charge in [0.2, 0.25) is 5.91 Å². The molecule has 0 fully saturated rings. The average Bonchev–Trinajstić information content (AvgIpc) is 2.37. The van der Waals surface area contributed by atoms with Crippen molar-refractivity contribution < 1.29 is 9.59 Å². The summed E-state index contributed by atoms with van der Waals surface area (Å²) in [6.07, 6.45) is 1.87. The van der Waals surface area contributed by atoms with E-state index in [1.54, 1.807) is 37.3 Å². The standard InChI is InChI=1S/C14H18N2O2/c1-3-9-15-13(17)10-11(2)16-14(18)12-7-5-4-6-8-12/h3-8,11H,1,9-10H2,2H3,(H,15,17)(H,16,18)/t11-/m1/s1. The SMILES string of the molecule is C=CCNC(=O)C[C@@H](C)NC(=O)c1ccccc1. The van der Waals surface area contributed by atoms with E-state index in [0.717, 1.165) is 0 Å². The lowest BCUT2D eigenvalue weighted by Gasteiger charge is -2.13. The average molecular weight is 246 g/mol. The van der Waals surface area contributed by atoms with Gasteiger partial charge in [0.15, 0.2) is 0 Å². The van der Waals surface area contributed by atoms with Crippen molar-refractivity contribution >= 4 is 11.8 Å². The highest BCUT2D eigenvalue weighted by Crippen LogP contribution is 2.00. The van der Waals surface area contributed by atoms with Gasteiger partial charge in [0.1, 0.15) is 0 Å². The lowest BCUT2D eigenvalue weighted by molar-refractivity contribution is -0.121. The summed E-state index contributed by atoms with van der Waals surface area (Å²) in [5.74, 6) is -0.268. The van der Waals surface area contributed by atoms with E-state index >= 15 is 0 Å². The summed E-state index contributed by atoms with van der Waals surface area (Å²) in [6.45, 7) is 5.76. The highest BCUT2D eigenvalue weighted by atomic mass is 16.2. The normalized spacial score (nSPS) is 11.4. The van der Waals surface area contributed by atoms with Crippen LogP contribution in [0.1, 0.15) is 23.7 Å². The molecule has 2 amide bonds. The molecule has 0 aliphatic rings. The van der Waals surface area contributed by atoms with Crippen molar-refractivity contribution in [3.8, 4) is 0 Å². The van der Waals surface area contributed by atoms with Crippen LogP contribution in [-0.2, 0) is 4.79 Å². The Morgan fingerprint density at radius 1 is 1.33 bits per heavy atom. The van der Waals surface area contributed by atoms with Gasteiger partial charge in [-0.2, -0.15) is 0 Å². The number of carbonyl (C=O) groups is 2. The zero-order valence-corrected chi connectivity index (χ0v) is 10.5. The summed E-state index contributed by atoms with van der Waals surface area (Å²) in [5.41, 5.74) is 0.593. The number of rotatable bonds is 6. The number of carbonyl (C=O) groups excluding carboxylic acids is 2. The maximum Gasteiger partial charge on any atom is 0.251 e. The number of hydrogen-bond donors (Lipinski definition) is 2. The molecule has 18 heavy (non-hydrogen) atoms. The molecule has 4 nitrogen and oxygen atoms in total. The van der Waals surface area contributed by atoms with Gasteiger partial charge in [0.05, 0.1) is 0 Å². The van der Waals surface area contributed by atoms with E-state index in [0.29, 0.717) is 12.1 Å². The van der Waals surface area contributed by atoms with E-state index in [9.17, 15) is 9.59 Å². The first-order valence-corrected chi connectivity index (χ1v) is 5.87. The lowest BCUT2D eigenvalue weighted by atomic mass is 10.1. The Morgan fingerprint density at radius 2 is 2.00 bits per heavy atom. The third-order valence-corrected chi connectivity index (χ3v) is 2.35.